The standard InChI is InChI=1S/C19H14FN3O2S2/c1-11-2-7-16-14(8-11)23-19(25-16)27-10-17-22-15(9-26-17)18(24)21-13-5-3-12(20)4-6-13/h2-9H,10H2,1H3,(H,21,24). The van der Waals surface area contributed by atoms with E-state index in [0.29, 0.717) is 22.4 Å². The van der Waals surface area contributed by atoms with E-state index in [1.807, 2.05) is 25.1 Å². The normalized spacial score (nSPS) is 11.0. The molecule has 4 aromatic rings. The number of oxazole rings is 1. The predicted octanol–water partition coefficient (Wildman–Crippen LogP) is 5.28. The van der Waals surface area contributed by atoms with Gasteiger partial charge in [0.25, 0.3) is 11.1 Å². The monoisotopic (exact) mass is 399 g/mol. The maximum Gasteiger partial charge on any atom is 0.275 e. The summed E-state index contributed by atoms with van der Waals surface area (Å²) in [4.78, 5) is 21.0. The van der Waals surface area contributed by atoms with E-state index < -0.39 is 0 Å². The molecule has 0 aliphatic rings. The van der Waals surface area contributed by atoms with Crippen LogP contribution in [-0.4, -0.2) is 15.9 Å². The van der Waals surface area contributed by atoms with Gasteiger partial charge >= 0.3 is 0 Å². The van der Waals surface area contributed by atoms with E-state index in [-0.39, 0.29) is 11.7 Å². The molecule has 1 amide bonds. The molecule has 0 spiro atoms. The first-order valence-corrected chi connectivity index (χ1v) is 9.95. The molecule has 0 atom stereocenters. The van der Waals surface area contributed by atoms with Gasteiger partial charge in [-0.1, -0.05) is 17.8 Å². The minimum Gasteiger partial charge on any atom is -0.431 e. The number of carbonyl (C=O) groups excluding carboxylic acids is 1. The number of aromatic nitrogens is 2. The highest BCUT2D eigenvalue weighted by Crippen LogP contribution is 2.28. The number of carbonyl (C=O) groups is 1. The van der Waals surface area contributed by atoms with E-state index in [4.69, 9.17) is 4.42 Å². The molecule has 2 heterocycles. The molecule has 0 unspecified atom stereocenters. The van der Waals surface area contributed by atoms with Crippen molar-refractivity contribution < 1.29 is 13.6 Å². The average Bonchev–Trinajstić information content (AvgIpc) is 3.28. The van der Waals surface area contributed by atoms with Gasteiger partial charge in [-0.3, -0.25) is 4.79 Å². The van der Waals surface area contributed by atoms with E-state index in [0.717, 1.165) is 21.7 Å². The Kier molecular flexibility index (Phi) is 4.91. The van der Waals surface area contributed by atoms with E-state index >= 15 is 0 Å². The molecule has 136 valence electrons. The van der Waals surface area contributed by atoms with Gasteiger partial charge in [0.1, 0.15) is 22.0 Å². The van der Waals surface area contributed by atoms with Crippen LogP contribution in [0.15, 0.2) is 57.5 Å². The second-order valence-electron chi connectivity index (χ2n) is 5.83. The lowest BCUT2D eigenvalue weighted by Gasteiger charge is -2.02. The highest BCUT2D eigenvalue weighted by Gasteiger charge is 2.13. The molecule has 8 heteroatoms. The van der Waals surface area contributed by atoms with Crippen molar-refractivity contribution in [3.63, 3.8) is 0 Å². The average molecular weight is 399 g/mol. The molecule has 5 nitrogen and oxygen atoms in total. The fraction of sp³-hybridized carbons (Fsp3) is 0.105. The summed E-state index contributed by atoms with van der Waals surface area (Å²) in [6.07, 6.45) is 0. The van der Waals surface area contributed by atoms with Gasteiger partial charge in [-0.25, -0.2) is 14.4 Å². The first kappa shape index (κ1) is 17.7. The molecule has 0 saturated carbocycles. The van der Waals surface area contributed by atoms with Crippen LogP contribution in [0, 0.1) is 12.7 Å². The predicted molar refractivity (Wildman–Crippen MR) is 105 cm³/mol. The SMILES string of the molecule is Cc1ccc2oc(SCc3nc(C(=O)Nc4ccc(F)cc4)cs3)nc2c1. The van der Waals surface area contributed by atoms with Crippen molar-refractivity contribution in [1.82, 2.24) is 9.97 Å². The molecule has 27 heavy (non-hydrogen) atoms. The summed E-state index contributed by atoms with van der Waals surface area (Å²) in [6, 6.07) is 11.5. The van der Waals surface area contributed by atoms with Gasteiger partial charge in [-0.05, 0) is 48.9 Å². The Morgan fingerprint density at radius 3 is 2.85 bits per heavy atom. The number of nitrogens with one attached hydrogen (secondary N) is 1. The number of rotatable bonds is 5. The summed E-state index contributed by atoms with van der Waals surface area (Å²) < 4.78 is 18.6. The Morgan fingerprint density at radius 1 is 1.22 bits per heavy atom. The number of thioether (sulfide) groups is 1. The lowest BCUT2D eigenvalue weighted by molar-refractivity contribution is 0.102. The van der Waals surface area contributed by atoms with E-state index in [9.17, 15) is 9.18 Å². The molecule has 0 bridgehead atoms. The van der Waals surface area contributed by atoms with Crippen LogP contribution in [0.25, 0.3) is 11.1 Å². The Morgan fingerprint density at radius 2 is 2.04 bits per heavy atom. The number of aryl methyl sites for hydroxylation is 1. The molecule has 0 aliphatic carbocycles. The summed E-state index contributed by atoms with van der Waals surface area (Å²) >= 11 is 2.83. The van der Waals surface area contributed by atoms with E-state index in [1.54, 1.807) is 5.38 Å². The molecule has 0 fully saturated rings. The maximum atomic E-state index is 12.9. The van der Waals surface area contributed by atoms with Crippen molar-refractivity contribution in [3.8, 4) is 0 Å². The van der Waals surface area contributed by atoms with Crippen LogP contribution in [0.2, 0.25) is 0 Å². The van der Waals surface area contributed by atoms with Crippen LogP contribution in [-0.2, 0) is 5.75 Å². The zero-order chi connectivity index (χ0) is 18.8. The minimum atomic E-state index is -0.352. The number of hydrogen-bond donors (Lipinski definition) is 1. The molecular weight excluding hydrogens is 385 g/mol. The minimum absolute atomic E-state index is 0.327. The van der Waals surface area contributed by atoms with Gasteiger partial charge in [0.15, 0.2) is 5.58 Å². The van der Waals surface area contributed by atoms with Crippen molar-refractivity contribution in [1.29, 1.82) is 0 Å². The van der Waals surface area contributed by atoms with Crippen LogP contribution in [0.5, 0.6) is 0 Å². The number of halogens is 1. The fourth-order valence-corrected chi connectivity index (χ4v) is 4.04. The Balaban J connectivity index is 1.39. The third-order valence-electron chi connectivity index (χ3n) is 3.73. The smallest absolute Gasteiger partial charge is 0.275 e. The van der Waals surface area contributed by atoms with Crippen LogP contribution in [0.3, 0.4) is 0 Å². The Hall–Kier alpha value is -2.71. The summed E-state index contributed by atoms with van der Waals surface area (Å²) in [7, 11) is 0. The maximum absolute atomic E-state index is 12.9. The summed E-state index contributed by atoms with van der Waals surface area (Å²) in [5.74, 6) is -0.123. The van der Waals surface area contributed by atoms with Gasteiger partial charge in [0, 0.05) is 11.1 Å². The topological polar surface area (TPSA) is 68.0 Å². The van der Waals surface area contributed by atoms with Gasteiger partial charge in [0.2, 0.25) is 0 Å². The zero-order valence-electron chi connectivity index (χ0n) is 14.2. The number of anilines is 1. The van der Waals surface area contributed by atoms with Crippen LogP contribution in [0.1, 0.15) is 21.1 Å². The van der Waals surface area contributed by atoms with Crippen molar-refractivity contribution in [2.75, 3.05) is 5.32 Å². The van der Waals surface area contributed by atoms with Gasteiger partial charge in [-0.15, -0.1) is 11.3 Å². The van der Waals surface area contributed by atoms with Crippen molar-refractivity contribution in [3.05, 3.63) is 69.9 Å². The number of amides is 1. The number of benzene rings is 2. The number of hydrogen-bond acceptors (Lipinski definition) is 6. The van der Waals surface area contributed by atoms with E-state index in [1.165, 1.54) is 47.4 Å². The summed E-state index contributed by atoms with van der Waals surface area (Å²) in [5.41, 5.74) is 3.56. The Labute approximate surface area is 162 Å². The van der Waals surface area contributed by atoms with Gasteiger partial charge < -0.3 is 9.73 Å². The number of thiazole rings is 1. The third-order valence-corrected chi connectivity index (χ3v) is 5.60. The van der Waals surface area contributed by atoms with Crippen LogP contribution in [0.4, 0.5) is 10.1 Å². The number of fused-ring (bicyclic) bond motifs is 1. The summed E-state index contributed by atoms with van der Waals surface area (Å²) in [6.45, 7) is 2.01. The molecular formula is C19H14FN3O2S2. The molecule has 2 aromatic heterocycles. The Bertz CT molecular complexity index is 1110. The van der Waals surface area contributed by atoms with E-state index in [2.05, 4.69) is 15.3 Å². The molecule has 0 radical (unpaired) electrons. The lowest BCUT2D eigenvalue weighted by atomic mass is 10.2. The zero-order valence-corrected chi connectivity index (χ0v) is 15.9. The lowest BCUT2D eigenvalue weighted by Crippen LogP contribution is -2.12. The molecule has 2 aromatic carbocycles. The first-order valence-electron chi connectivity index (χ1n) is 8.08. The largest absolute Gasteiger partial charge is 0.431 e. The van der Waals surface area contributed by atoms with Gasteiger partial charge in [0.05, 0.1) is 5.75 Å². The molecule has 0 saturated heterocycles. The second kappa shape index (κ2) is 7.50. The van der Waals surface area contributed by atoms with Gasteiger partial charge in [-0.2, -0.15) is 0 Å². The molecule has 0 aliphatic heterocycles. The van der Waals surface area contributed by atoms with Crippen molar-refractivity contribution >= 4 is 45.8 Å². The fourth-order valence-electron chi connectivity index (χ4n) is 2.41. The molecule has 1 N–H and O–H groups in total. The number of nitrogens with zero attached hydrogens (tertiary/aromatic N) is 2. The molecule has 4 rings (SSSR count). The van der Waals surface area contributed by atoms with Crippen molar-refractivity contribution in [2.24, 2.45) is 0 Å². The highest BCUT2D eigenvalue weighted by atomic mass is 32.2. The van der Waals surface area contributed by atoms with Crippen molar-refractivity contribution in [2.45, 2.75) is 17.9 Å². The quantitative estimate of drug-likeness (QED) is 0.463. The first-order chi connectivity index (χ1) is 13.1. The summed E-state index contributed by atoms with van der Waals surface area (Å²) in [5, 5.41) is 5.76. The van der Waals surface area contributed by atoms with Crippen LogP contribution >= 0.6 is 23.1 Å². The third kappa shape index (κ3) is 4.17. The highest BCUT2D eigenvalue weighted by molar-refractivity contribution is 7.98. The second-order valence-corrected chi connectivity index (χ2v) is 7.70. The van der Waals surface area contributed by atoms with Crippen LogP contribution < -0.4 is 5.32 Å².